The summed E-state index contributed by atoms with van der Waals surface area (Å²) in [5, 5.41) is 0. The van der Waals surface area contributed by atoms with Crippen molar-refractivity contribution >= 4 is 5.78 Å². The summed E-state index contributed by atoms with van der Waals surface area (Å²) < 4.78 is 5.32. The summed E-state index contributed by atoms with van der Waals surface area (Å²) in [6.45, 7) is 8.10. The van der Waals surface area contributed by atoms with Crippen LogP contribution >= 0.6 is 0 Å². The molecule has 3 atom stereocenters. The maximum absolute atomic E-state index is 12.2. The molecule has 1 fully saturated rings. The number of carbonyl (C=O) groups is 1. The molecule has 0 N–H and O–H groups in total. The molecule has 19 heavy (non-hydrogen) atoms. The first-order valence-corrected chi connectivity index (χ1v) is 7.21. The normalized spacial score (nSPS) is 28.1. The smallest absolute Gasteiger partial charge is 0.137 e. The van der Waals surface area contributed by atoms with E-state index in [2.05, 4.69) is 25.8 Å². The van der Waals surface area contributed by atoms with E-state index in [0.29, 0.717) is 17.6 Å². The molecule has 0 spiro atoms. The van der Waals surface area contributed by atoms with E-state index in [1.54, 1.807) is 6.26 Å². The van der Waals surface area contributed by atoms with Crippen LogP contribution in [0.2, 0.25) is 0 Å². The molecule has 0 aliphatic heterocycles. The number of carbonyl (C=O) groups excluding carboxylic acids is 1. The molecule has 106 valence electrons. The summed E-state index contributed by atoms with van der Waals surface area (Å²) in [5.74, 6) is 2.68. The van der Waals surface area contributed by atoms with E-state index in [1.807, 2.05) is 13.0 Å². The van der Waals surface area contributed by atoms with Gasteiger partial charge in [0, 0.05) is 31.0 Å². The number of ketones is 1. The lowest BCUT2D eigenvalue weighted by Gasteiger charge is -2.33. The predicted octanol–water partition coefficient (Wildman–Crippen LogP) is 3.27. The zero-order chi connectivity index (χ0) is 14.0. The van der Waals surface area contributed by atoms with Gasteiger partial charge in [-0.25, -0.2) is 0 Å². The van der Waals surface area contributed by atoms with Gasteiger partial charge in [-0.1, -0.05) is 13.8 Å². The summed E-state index contributed by atoms with van der Waals surface area (Å²) in [6, 6.07) is 2.01. The van der Waals surface area contributed by atoms with Gasteiger partial charge < -0.3 is 9.32 Å². The monoisotopic (exact) mass is 263 g/mol. The van der Waals surface area contributed by atoms with E-state index >= 15 is 0 Å². The molecule has 2 rings (SSSR count). The number of hydrogen-bond donors (Lipinski definition) is 0. The third kappa shape index (κ3) is 3.47. The minimum absolute atomic E-state index is 0.202. The molecule has 1 aromatic rings. The van der Waals surface area contributed by atoms with E-state index in [1.165, 1.54) is 12.0 Å². The van der Waals surface area contributed by atoms with Gasteiger partial charge in [-0.2, -0.15) is 0 Å². The molecular formula is C16H25NO2. The van der Waals surface area contributed by atoms with Gasteiger partial charge in [0.2, 0.25) is 0 Å². The topological polar surface area (TPSA) is 33.5 Å². The largest absolute Gasteiger partial charge is 0.469 e. The Labute approximate surface area is 116 Å². The number of hydrogen-bond acceptors (Lipinski definition) is 3. The van der Waals surface area contributed by atoms with Crippen molar-refractivity contribution in [1.29, 1.82) is 0 Å². The van der Waals surface area contributed by atoms with Crippen LogP contribution in [0.1, 0.15) is 38.0 Å². The van der Waals surface area contributed by atoms with Crippen LogP contribution in [-0.4, -0.2) is 24.3 Å². The standard InChI is InChI=1S/C16H25NO2/c1-11-7-12(2)15(16(18)8-11)10-17(4)9-14-5-6-19-13(14)3/h5-6,11-12,15H,7-10H2,1-4H3. The van der Waals surface area contributed by atoms with Crippen LogP contribution in [0.5, 0.6) is 0 Å². The Bertz CT molecular complexity index is 438. The highest BCUT2D eigenvalue weighted by atomic mass is 16.3. The number of Topliss-reactive ketones (excluding diaryl/α,β-unsaturated/α-hetero) is 1. The summed E-state index contributed by atoms with van der Waals surface area (Å²) >= 11 is 0. The third-order valence-corrected chi connectivity index (χ3v) is 4.34. The highest BCUT2D eigenvalue weighted by Crippen LogP contribution is 2.31. The van der Waals surface area contributed by atoms with Crippen molar-refractivity contribution in [3.8, 4) is 0 Å². The molecule has 1 heterocycles. The summed E-state index contributed by atoms with van der Waals surface area (Å²) in [5.41, 5.74) is 1.21. The van der Waals surface area contributed by atoms with Crippen molar-refractivity contribution < 1.29 is 9.21 Å². The van der Waals surface area contributed by atoms with Gasteiger partial charge >= 0.3 is 0 Å². The maximum atomic E-state index is 12.2. The van der Waals surface area contributed by atoms with E-state index < -0.39 is 0 Å². The average Bonchev–Trinajstić information content (AvgIpc) is 2.69. The lowest BCUT2D eigenvalue weighted by molar-refractivity contribution is -0.128. The molecule has 0 bridgehead atoms. The van der Waals surface area contributed by atoms with Gasteiger partial charge in [-0.3, -0.25) is 4.79 Å². The SMILES string of the molecule is Cc1occc1CN(C)CC1C(=O)CC(C)CC1C. The average molecular weight is 263 g/mol. The van der Waals surface area contributed by atoms with E-state index in [4.69, 9.17) is 4.42 Å². The molecule has 0 radical (unpaired) electrons. The van der Waals surface area contributed by atoms with Gasteiger partial charge in [0.05, 0.1) is 6.26 Å². The quantitative estimate of drug-likeness (QED) is 0.836. The second-order valence-electron chi connectivity index (χ2n) is 6.29. The summed E-state index contributed by atoms with van der Waals surface area (Å²) in [7, 11) is 2.09. The molecule has 0 saturated heterocycles. The molecule has 3 unspecified atom stereocenters. The third-order valence-electron chi connectivity index (χ3n) is 4.34. The van der Waals surface area contributed by atoms with Crippen molar-refractivity contribution in [2.24, 2.45) is 17.8 Å². The van der Waals surface area contributed by atoms with Crippen LogP contribution in [0.15, 0.2) is 16.7 Å². The number of nitrogens with zero attached hydrogens (tertiary/aromatic N) is 1. The molecule has 3 heteroatoms. The molecule has 1 aromatic heterocycles. The van der Waals surface area contributed by atoms with Crippen LogP contribution in [0.25, 0.3) is 0 Å². The van der Waals surface area contributed by atoms with Gasteiger partial charge in [0.1, 0.15) is 11.5 Å². The van der Waals surface area contributed by atoms with E-state index in [-0.39, 0.29) is 5.92 Å². The fraction of sp³-hybridized carbons (Fsp3) is 0.688. The van der Waals surface area contributed by atoms with Gasteiger partial charge in [-0.05, 0) is 38.3 Å². The van der Waals surface area contributed by atoms with E-state index in [9.17, 15) is 4.79 Å². The number of rotatable bonds is 4. The van der Waals surface area contributed by atoms with E-state index in [0.717, 1.165) is 25.3 Å². The van der Waals surface area contributed by atoms with Crippen LogP contribution in [-0.2, 0) is 11.3 Å². The van der Waals surface area contributed by atoms with Gasteiger partial charge in [0.25, 0.3) is 0 Å². The molecule has 1 aliphatic carbocycles. The first-order valence-electron chi connectivity index (χ1n) is 7.21. The molecule has 0 aromatic carbocycles. The van der Waals surface area contributed by atoms with Crippen molar-refractivity contribution in [2.45, 2.75) is 40.2 Å². The molecule has 0 amide bonds. The van der Waals surface area contributed by atoms with Crippen LogP contribution in [0.3, 0.4) is 0 Å². The fourth-order valence-corrected chi connectivity index (χ4v) is 3.24. The Morgan fingerprint density at radius 2 is 2.16 bits per heavy atom. The van der Waals surface area contributed by atoms with Crippen LogP contribution in [0.4, 0.5) is 0 Å². The van der Waals surface area contributed by atoms with Crippen molar-refractivity contribution in [1.82, 2.24) is 4.90 Å². The summed E-state index contributed by atoms with van der Waals surface area (Å²) in [6.07, 6.45) is 3.66. The van der Waals surface area contributed by atoms with Crippen LogP contribution < -0.4 is 0 Å². The van der Waals surface area contributed by atoms with Crippen molar-refractivity contribution in [3.63, 3.8) is 0 Å². The lowest BCUT2D eigenvalue weighted by Crippen LogP contribution is -2.38. The predicted molar refractivity (Wildman–Crippen MR) is 75.8 cm³/mol. The zero-order valence-corrected chi connectivity index (χ0v) is 12.5. The van der Waals surface area contributed by atoms with Gasteiger partial charge in [-0.15, -0.1) is 0 Å². The first-order chi connectivity index (χ1) is 8.97. The molecule has 1 saturated carbocycles. The minimum Gasteiger partial charge on any atom is -0.469 e. The zero-order valence-electron chi connectivity index (χ0n) is 12.5. The Morgan fingerprint density at radius 1 is 1.42 bits per heavy atom. The molecule has 1 aliphatic rings. The van der Waals surface area contributed by atoms with Crippen molar-refractivity contribution in [3.05, 3.63) is 23.7 Å². The molecular weight excluding hydrogens is 238 g/mol. The minimum atomic E-state index is 0.202. The Balaban J connectivity index is 1.93. The highest BCUT2D eigenvalue weighted by Gasteiger charge is 2.32. The van der Waals surface area contributed by atoms with Gasteiger partial charge in [0.15, 0.2) is 0 Å². The highest BCUT2D eigenvalue weighted by molar-refractivity contribution is 5.82. The Hall–Kier alpha value is -1.09. The first kappa shape index (κ1) is 14.3. The number of aryl methyl sites for hydroxylation is 1. The second kappa shape index (κ2) is 5.91. The maximum Gasteiger partial charge on any atom is 0.137 e. The van der Waals surface area contributed by atoms with Crippen LogP contribution in [0, 0.1) is 24.7 Å². The Kier molecular flexibility index (Phi) is 4.46. The molecule has 3 nitrogen and oxygen atoms in total. The number of furan rings is 1. The Morgan fingerprint density at radius 3 is 2.74 bits per heavy atom. The second-order valence-corrected chi connectivity index (χ2v) is 6.29. The lowest BCUT2D eigenvalue weighted by atomic mass is 9.74. The summed E-state index contributed by atoms with van der Waals surface area (Å²) in [4.78, 5) is 14.4. The fourth-order valence-electron chi connectivity index (χ4n) is 3.24. The van der Waals surface area contributed by atoms with Crippen molar-refractivity contribution in [2.75, 3.05) is 13.6 Å².